The van der Waals surface area contributed by atoms with Gasteiger partial charge in [-0.2, -0.15) is 0 Å². The maximum Gasteiger partial charge on any atom is 0.337 e. The Labute approximate surface area is 153 Å². The second-order valence-electron chi connectivity index (χ2n) is 6.50. The Morgan fingerprint density at radius 1 is 0.923 bits per heavy atom. The van der Waals surface area contributed by atoms with E-state index in [-0.39, 0.29) is 11.6 Å². The maximum absolute atomic E-state index is 11.7. The van der Waals surface area contributed by atoms with Gasteiger partial charge in [0.2, 0.25) is 0 Å². The highest BCUT2D eigenvalue weighted by Gasteiger charge is 2.22. The molecule has 3 rings (SSSR count). The van der Waals surface area contributed by atoms with E-state index >= 15 is 0 Å². The van der Waals surface area contributed by atoms with Crippen LogP contribution in [-0.2, 0) is 4.79 Å². The molecule has 130 valence electrons. The van der Waals surface area contributed by atoms with Gasteiger partial charge in [0, 0.05) is 6.04 Å². The molecule has 0 saturated carbocycles. The molecule has 0 aromatic heterocycles. The zero-order chi connectivity index (χ0) is 18.7. The molecule has 0 aliphatic heterocycles. The van der Waals surface area contributed by atoms with Gasteiger partial charge in [0.25, 0.3) is 0 Å². The Morgan fingerprint density at radius 3 is 2.08 bits per heavy atom. The first-order chi connectivity index (χ1) is 12.5. The Kier molecular flexibility index (Phi) is 4.99. The van der Waals surface area contributed by atoms with E-state index < -0.39 is 5.97 Å². The predicted molar refractivity (Wildman–Crippen MR) is 107 cm³/mol. The van der Waals surface area contributed by atoms with E-state index in [1.165, 1.54) is 0 Å². The molecule has 0 amide bonds. The summed E-state index contributed by atoms with van der Waals surface area (Å²) in [6, 6.07) is 18.2. The second-order valence-corrected chi connectivity index (χ2v) is 6.50. The Bertz CT molecular complexity index is 930. The van der Waals surface area contributed by atoms with Crippen LogP contribution in [0.2, 0.25) is 0 Å². The summed E-state index contributed by atoms with van der Waals surface area (Å²) in [4.78, 5) is 16.1. The number of carboxylic acid groups (broad SMARTS) is 1. The van der Waals surface area contributed by atoms with Crippen LogP contribution >= 0.6 is 0 Å². The van der Waals surface area contributed by atoms with Gasteiger partial charge in [-0.3, -0.25) is 4.99 Å². The molecule has 0 fully saturated rings. The van der Waals surface area contributed by atoms with E-state index in [4.69, 9.17) is 0 Å². The molecular formula is C23H21NO2. The fourth-order valence-corrected chi connectivity index (χ4v) is 2.92. The Morgan fingerprint density at radius 2 is 1.50 bits per heavy atom. The van der Waals surface area contributed by atoms with Crippen molar-refractivity contribution < 1.29 is 9.90 Å². The minimum Gasteiger partial charge on any atom is -0.478 e. The molecule has 26 heavy (non-hydrogen) atoms. The van der Waals surface area contributed by atoms with Crippen molar-refractivity contribution >= 4 is 17.3 Å². The average Bonchev–Trinajstić information content (AvgIpc) is 2.63. The first kappa shape index (κ1) is 17.6. The third kappa shape index (κ3) is 3.72. The lowest BCUT2D eigenvalue weighted by atomic mass is 9.89. The molecule has 0 saturated heterocycles. The number of rotatable bonds is 4. The van der Waals surface area contributed by atoms with Crippen LogP contribution < -0.4 is 0 Å². The van der Waals surface area contributed by atoms with Crippen molar-refractivity contribution in [2.24, 2.45) is 4.99 Å². The lowest BCUT2D eigenvalue weighted by Gasteiger charge is -2.17. The molecule has 0 unspecified atom stereocenters. The number of nitrogens with zero attached hydrogens (tertiary/aromatic N) is 1. The van der Waals surface area contributed by atoms with Crippen molar-refractivity contribution in [2.45, 2.75) is 19.9 Å². The molecule has 2 aromatic carbocycles. The van der Waals surface area contributed by atoms with Gasteiger partial charge in [-0.05, 0) is 53.8 Å². The number of carbonyl (C=O) groups is 1. The van der Waals surface area contributed by atoms with Crippen molar-refractivity contribution in [1.29, 1.82) is 0 Å². The van der Waals surface area contributed by atoms with E-state index in [1.807, 2.05) is 62.4 Å². The normalized spacial score (nSPS) is 15.8. The summed E-state index contributed by atoms with van der Waals surface area (Å²) < 4.78 is 0. The summed E-state index contributed by atoms with van der Waals surface area (Å²) in [5.41, 5.74) is 5.32. The molecular weight excluding hydrogens is 322 g/mol. The number of aliphatic carboxylic acids is 1. The summed E-state index contributed by atoms with van der Waals surface area (Å²) in [6.07, 6.45) is 3.57. The van der Waals surface area contributed by atoms with Gasteiger partial charge in [0.15, 0.2) is 0 Å². The standard InChI is InChI=1S/C23H21NO2/c1-15(2)24-22-16(3)13-20(14-21(22)23(25)26)19-11-9-18(10-12-19)17-7-5-4-6-8-17/h4-15H,3H2,1-2H3,(H,25,26). The van der Waals surface area contributed by atoms with Crippen LogP contribution in [0.15, 0.2) is 89.5 Å². The fraction of sp³-hybridized carbons (Fsp3) is 0.130. The zero-order valence-corrected chi connectivity index (χ0v) is 14.9. The highest BCUT2D eigenvalue weighted by molar-refractivity contribution is 6.30. The van der Waals surface area contributed by atoms with Gasteiger partial charge in [0.05, 0.1) is 11.3 Å². The minimum absolute atomic E-state index is 0.00426. The van der Waals surface area contributed by atoms with E-state index in [0.717, 1.165) is 22.3 Å². The number of carboxylic acids is 1. The fourth-order valence-electron chi connectivity index (χ4n) is 2.92. The highest BCUT2D eigenvalue weighted by Crippen LogP contribution is 2.29. The van der Waals surface area contributed by atoms with Crippen LogP contribution in [0.25, 0.3) is 16.7 Å². The first-order valence-electron chi connectivity index (χ1n) is 8.55. The van der Waals surface area contributed by atoms with Gasteiger partial charge in [-0.1, -0.05) is 61.2 Å². The molecule has 0 radical (unpaired) electrons. The third-order valence-electron chi connectivity index (χ3n) is 4.13. The maximum atomic E-state index is 11.7. The van der Waals surface area contributed by atoms with Crippen LogP contribution in [0, 0.1) is 0 Å². The van der Waals surface area contributed by atoms with Gasteiger partial charge < -0.3 is 5.11 Å². The van der Waals surface area contributed by atoms with Crippen LogP contribution in [0.3, 0.4) is 0 Å². The molecule has 3 nitrogen and oxygen atoms in total. The molecule has 0 heterocycles. The second kappa shape index (κ2) is 7.36. The van der Waals surface area contributed by atoms with Crippen LogP contribution in [0.5, 0.6) is 0 Å². The molecule has 1 aliphatic rings. The summed E-state index contributed by atoms with van der Waals surface area (Å²) >= 11 is 0. The smallest absolute Gasteiger partial charge is 0.337 e. The number of hydrogen-bond acceptors (Lipinski definition) is 2. The van der Waals surface area contributed by atoms with Crippen LogP contribution in [-0.4, -0.2) is 22.8 Å². The minimum atomic E-state index is -0.989. The van der Waals surface area contributed by atoms with Gasteiger partial charge in [-0.25, -0.2) is 4.79 Å². The Hall–Kier alpha value is -3.20. The number of aliphatic imine (C=N–C) groups is 1. The SMILES string of the molecule is C=C1C=C(c2ccc(-c3ccccc3)cc2)C=C(C(=O)O)C1=NC(C)C. The molecule has 1 aliphatic carbocycles. The summed E-state index contributed by atoms with van der Waals surface area (Å²) in [5.74, 6) is -0.989. The topological polar surface area (TPSA) is 49.7 Å². The Balaban J connectivity index is 1.97. The van der Waals surface area contributed by atoms with Crippen molar-refractivity contribution in [2.75, 3.05) is 0 Å². The molecule has 0 spiro atoms. The average molecular weight is 343 g/mol. The zero-order valence-electron chi connectivity index (χ0n) is 14.9. The number of allylic oxidation sites excluding steroid dienone is 4. The van der Waals surface area contributed by atoms with Crippen molar-refractivity contribution in [3.8, 4) is 11.1 Å². The van der Waals surface area contributed by atoms with E-state index in [2.05, 4.69) is 23.7 Å². The van der Waals surface area contributed by atoms with Crippen LogP contribution in [0.1, 0.15) is 19.4 Å². The summed E-state index contributed by atoms with van der Waals surface area (Å²) in [7, 11) is 0. The van der Waals surface area contributed by atoms with Crippen molar-refractivity contribution in [3.05, 3.63) is 90.0 Å². The van der Waals surface area contributed by atoms with E-state index in [1.54, 1.807) is 6.08 Å². The predicted octanol–water partition coefficient (Wildman–Crippen LogP) is 5.17. The van der Waals surface area contributed by atoms with E-state index in [9.17, 15) is 9.90 Å². The lowest BCUT2D eigenvalue weighted by molar-refractivity contribution is -0.132. The van der Waals surface area contributed by atoms with Crippen LogP contribution in [0.4, 0.5) is 0 Å². The summed E-state index contributed by atoms with van der Waals surface area (Å²) in [6.45, 7) is 7.85. The van der Waals surface area contributed by atoms with Gasteiger partial charge >= 0.3 is 5.97 Å². The van der Waals surface area contributed by atoms with E-state index in [0.29, 0.717) is 11.3 Å². The highest BCUT2D eigenvalue weighted by atomic mass is 16.4. The quantitative estimate of drug-likeness (QED) is 0.833. The van der Waals surface area contributed by atoms with Gasteiger partial charge in [0.1, 0.15) is 0 Å². The summed E-state index contributed by atoms with van der Waals surface area (Å²) in [5, 5.41) is 9.58. The largest absolute Gasteiger partial charge is 0.478 e. The number of hydrogen-bond donors (Lipinski definition) is 1. The van der Waals surface area contributed by atoms with Crippen molar-refractivity contribution in [3.63, 3.8) is 0 Å². The molecule has 1 N–H and O–H groups in total. The lowest BCUT2D eigenvalue weighted by Crippen LogP contribution is -2.18. The van der Waals surface area contributed by atoms with Crippen molar-refractivity contribution in [1.82, 2.24) is 0 Å². The van der Waals surface area contributed by atoms with Gasteiger partial charge in [-0.15, -0.1) is 0 Å². The monoisotopic (exact) mass is 343 g/mol. The molecule has 0 bridgehead atoms. The third-order valence-corrected chi connectivity index (χ3v) is 4.13. The molecule has 3 heteroatoms. The number of benzene rings is 2. The molecule has 0 atom stereocenters. The molecule has 2 aromatic rings. The first-order valence-corrected chi connectivity index (χ1v) is 8.55.